The summed E-state index contributed by atoms with van der Waals surface area (Å²) < 4.78 is 11.8. The third kappa shape index (κ3) is 2.32. The van der Waals surface area contributed by atoms with E-state index in [1.165, 1.54) is 5.56 Å². The van der Waals surface area contributed by atoms with Gasteiger partial charge in [0.15, 0.2) is 5.76 Å². The molecular weight excluding hydrogens is 312 g/mol. The lowest BCUT2D eigenvalue weighted by Crippen LogP contribution is -2.26. The fourth-order valence-corrected chi connectivity index (χ4v) is 3.36. The van der Waals surface area contributed by atoms with E-state index in [1.807, 2.05) is 18.2 Å². The van der Waals surface area contributed by atoms with E-state index in [2.05, 4.69) is 19.1 Å². The van der Waals surface area contributed by atoms with E-state index in [1.54, 1.807) is 18.2 Å². The van der Waals surface area contributed by atoms with Crippen LogP contribution in [0, 0.1) is 0 Å². The monoisotopic (exact) mass is 326 g/mol. The summed E-state index contributed by atoms with van der Waals surface area (Å²) in [6.07, 6.45) is 0. The minimum absolute atomic E-state index is 0.0638. The molecule has 0 saturated carbocycles. The first-order chi connectivity index (χ1) is 11.1. The molecule has 1 aliphatic rings. The zero-order valence-electron chi connectivity index (χ0n) is 12.6. The Bertz CT molecular complexity index is 930. The quantitative estimate of drug-likeness (QED) is 0.649. The Morgan fingerprint density at radius 1 is 1.13 bits per heavy atom. The highest BCUT2D eigenvalue weighted by Gasteiger charge is 2.33. The van der Waals surface area contributed by atoms with Crippen LogP contribution in [0.5, 0.6) is 5.75 Å². The molecular formula is C19H15ClO3. The predicted octanol–water partition coefficient (Wildman–Crippen LogP) is 4.73. The van der Waals surface area contributed by atoms with Gasteiger partial charge in [-0.2, -0.15) is 0 Å². The largest absolute Gasteiger partial charge is 0.486 e. The average molecular weight is 327 g/mol. The molecule has 0 amide bonds. The van der Waals surface area contributed by atoms with E-state index in [4.69, 9.17) is 20.8 Å². The van der Waals surface area contributed by atoms with Crippen molar-refractivity contribution in [2.24, 2.45) is 0 Å². The fourth-order valence-electron chi connectivity index (χ4n) is 3.19. The Kier molecular flexibility index (Phi) is 3.38. The van der Waals surface area contributed by atoms with Gasteiger partial charge in [-0.25, -0.2) is 0 Å². The van der Waals surface area contributed by atoms with Crippen molar-refractivity contribution in [3.05, 3.63) is 75.1 Å². The second-order valence-corrected chi connectivity index (χ2v) is 6.32. The van der Waals surface area contributed by atoms with Crippen LogP contribution < -0.4 is 10.2 Å². The van der Waals surface area contributed by atoms with Gasteiger partial charge in [-0.3, -0.25) is 4.79 Å². The van der Waals surface area contributed by atoms with Crippen molar-refractivity contribution < 1.29 is 9.15 Å². The smallest absolute Gasteiger partial charge is 0.234 e. The summed E-state index contributed by atoms with van der Waals surface area (Å²) in [5.74, 6) is 1.16. The third-order valence-corrected chi connectivity index (χ3v) is 4.72. The second-order valence-electron chi connectivity index (χ2n) is 5.88. The van der Waals surface area contributed by atoms with Gasteiger partial charge in [-0.05, 0) is 23.8 Å². The second kappa shape index (κ2) is 5.43. The molecule has 0 spiro atoms. The van der Waals surface area contributed by atoms with Gasteiger partial charge >= 0.3 is 0 Å². The first-order valence-corrected chi connectivity index (χ1v) is 7.97. The molecule has 116 valence electrons. The lowest BCUT2D eigenvalue weighted by Gasteiger charge is -2.30. The zero-order valence-corrected chi connectivity index (χ0v) is 13.3. The van der Waals surface area contributed by atoms with Crippen molar-refractivity contribution in [2.45, 2.75) is 18.8 Å². The van der Waals surface area contributed by atoms with E-state index < -0.39 is 0 Å². The van der Waals surface area contributed by atoms with Crippen LogP contribution in [0.4, 0.5) is 0 Å². The van der Waals surface area contributed by atoms with E-state index in [0.29, 0.717) is 34.1 Å². The summed E-state index contributed by atoms with van der Waals surface area (Å²) in [6.45, 7) is 2.54. The van der Waals surface area contributed by atoms with E-state index in [0.717, 1.165) is 0 Å². The summed E-state index contributed by atoms with van der Waals surface area (Å²) in [5.41, 5.74) is 1.58. The number of rotatable bonds is 1. The minimum atomic E-state index is -0.151. The molecule has 3 nitrogen and oxygen atoms in total. The standard InChI is InChI=1S/C19H15ClO3/c1-11-15(12-5-3-2-4-6-12)10-22-19-17(21)14-9-13(20)7-8-16(14)23-18(11)19/h2-9,11,15H,10H2,1H3/t11-,15+/m1/s1. The van der Waals surface area contributed by atoms with Gasteiger partial charge < -0.3 is 9.15 Å². The van der Waals surface area contributed by atoms with Crippen LogP contribution in [-0.4, -0.2) is 6.61 Å². The van der Waals surface area contributed by atoms with Crippen molar-refractivity contribution in [3.63, 3.8) is 0 Å². The Morgan fingerprint density at radius 3 is 2.70 bits per heavy atom. The van der Waals surface area contributed by atoms with Crippen LogP contribution in [0.1, 0.15) is 30.1 Å². The molecule has 1 aromatic heterocycles. The van der Waals surface area contributed by atoms with E-state index in [-0.39, 0.29) is 17.3 Å². The molecule has 0 N–H and O–H groups in total. The Labute approximate surface area is 138 Å². The molecule has 23 heavy (non-hydrogen) atoms. The number of halogens is 1. The van der Waals surface area contributed by atoms with Crippen molar-refractivity contribution in [1.29, 1.82) is 0 Å². The van der Waals surface area contributed by atoms with Crippen LogP contribution >= 0.6 is 11.6 Å². The molecule has 0 fully saturated rings. The Hall–Kier alpha value is -2.26. The summed E-state index contributed by atoms with van der Waals surface area (Å²) in [5, 5.41) is 0.970. The highest BCUT2D eigenvalue weighted by atomic mass is 35.5. The molecule has 0 unspecified atom stereocenters. The van der Waals surface area contributed by atoms with Crippen LogP contribution in [0.2, 0.25) is 5.02 Å². The lowest BCUT2D eigenvalue weighted by molar-refractivity contribution is 0.215. The molecule has 0 saturated heterocycles. The summed E-state index contributed by atoms with van der Waals surface area (Å²) in [6, 6.07) is 15.2. The molecule has 1 aliphatic heterocycles. The summed E-state index contributed by atoms with van der Waals surface area (Å²) >= 11 is 5.98. The number of hydrogen-bond acceptors (Lipinski definition) is 3. The van der Waals surface area contributed by atoms with Gasteiger partial charge in [-0.1, -0.05) is 48.9 Å². The molecule has 2 aromatic carbocycles. The molecule has 0 bridgehead atoms. The SMILES string of the molecule is C[C@H]1c2oc3ccc(Cl)cc3c(=O)c2OC[C@@H]1c1ccccc1. The highest BCUT2D eigenvalue weighted by Crippen LogP contribution is 2.41. The first-order valence-electron chi connectivity index (χ1n) is 7.59. The van der Waals surface area contributed by atoms with Crippen molar-refractivity contribution in [1.82, 2.24) is 0 Å². The highest BCUT2D eigenvalue weighted by molar-refractivity contribution is 6.31. The van der Waals surface area contributed by atoms with Crippen molar-refractivity contribution >= 4 is 22.6 Å². The minimum Gasteiger partial charge on any atom is -0.486 e. The van der Waals surface area contributed by atoms with Crippen LogP contribution in [0.15, 0.2) is 57.7 Å². The molecule has 0 aliphatic carbocycles. The maximum Gasteiger partial charge on any atom is 0.234 e. The molecule has 3 aromatic rings. The molecule has 4 heteroatoms. The number of hydrogen-bond donors (Lipinski definition) is 0. The fraction of sp³-hybridized carbons (Fsp3) is 0.211. The Morgan fingerprint density at radius 2 is 1.91 bits per heavy atom. The molecule has 2 heterocycles. The van der Waals surface area contributed by atoms with Crippen molar-refractivity contribution in [2.75, 3.05) is 6.61 Å². The normalized spacial score (nSPS) is 20.1. The van der Waals surface area contributed by atoms with Crippen molar-refractivity contribution in [3.8, 4) is 5.75 Å². The lowest BCUT2D eigenvalue weighted by atomic mass is 9.84. The van der Waals surface area contributed by atoms with Gasteiger partial charge in [0.1, 0.15) is 5.58 Å². The maximum atomic E-state index is 12.7. The topological polar surface area (TPSA) is 39.4 Å². The Balaban J connectivity index is 1.87. The van der Waals surface area contributed by atoms with Crippen LogP contribution in [-0.2, 0) is 0 Å². The van der Waals surface area contributed by atoms with Gasteiger partial charge in [0, 0.05) is 16.9 Å². The summed E-state index contributed by atoms with van der Waals surface area (Å²) in [7, 11) is 0. The maximum absolute atomic E-state index is 12.7. The molecule has 2 atom stereocenters. The third-order valence-electron chi connectivity index (χ3n) is 4.49. The first kappa shape index (κ1) is 14.3. The molecule has 4 rings (SSSR count). The number of ether oxygens (including phenoxy) is 1. The molecule has 0 radical (unpaired) electrons. The van der Waals surface area contributed by atoms with Gasteiger partial charge in [0.05, 0.1) is 12.0 Å². The number of benzene rings is 2. The summed E-state index contributed by atoms with van der Waals surface area (Å²) in [4.78, 5) is 12.7. The van der Waals surface area contributed by atoms with Gasteiger partial charge in [-0.15, -0.1) is 0 Å². The van der Waals surface area contributed by atoms with E-state index in [9.17, 15) is 4.79 Å². The van der Waals surface area contributed by atoms with Crippen LogP contribution in [0.3, 0.4) is 0 Å². The predicted molar refractivity (Wildman–Crippen MR) is 90.6 cm³/mol. The van der Waals surface area contributed by atoms with Gasteiger partial charge in [0.2, 0.25) is 11.2 Å². The van der Waals surface area contributed by atoms with Crippen LogP contribution in [0.25, 0.3) is 11.0 Å². The average Bonchev–Trinajstić information content (AvgIpc) is 2.57. The van der Waals surface area contributed by atoms with Gasteiger partial charge in [0.25, 0.3) is 0 Å². The zero-order chi connectivity index (χ0) is 16.0. The van der Waals surface area contributed by atoms with E-state index >= 15 is 0 Å². The number of fused-ring (bicyclic) bond motifs is 2.